The first-order valence-electron chi connectivity index (χ1n) is 8.67. The van der Waals surface area contributed by atoms with Gasteiger partial charge in [0.25, 0.3) is 5.56 Å². The normalized spacial score (nSPS) is 17.3. The minimum Gasteiger partial charge on any atom is -0.382 e. The molecular formula is C19H19ClN4O2. The minimum atomic E-state index is -0.355. The van der Waals surface area contributed by atoms with Gasteiger partial charge >= 0.3 is 0 Å². The summed E-state index contributed by atoms with van der Waals surface area (Å²) in [5.74, 6) is 0.425. The second kappa shape index (κ2) is 7.43. The molecule has 1 aliphatic rings. The molecule has 4 rings (SSSR count). The molecule has 0 aliphatic carbocycles. The van der Waals surface area contributed by atoms with Crippen molar-refractivity contribution in [2.45, 2.75) is 12.8 Å². The highest BCUT2D eigenvalue weighted by Crippen LogP contribution is 2.20. The van der Waals surface area contributed by atoms with Gasteiger partial charge in [-0.1, -0.05) is 23.7 Å². The van der Waals surface area contributed by atoms with Crippen LogP contribution in [0.1, 0.15) is 12.8 Å². The number of rotatable bonds is 4. The molecule has 134 valence electrons. The van der Waals surface area contributed by atoms with Gasteiger partial charge in [0.05, 0.1) is 29.7 Å². The van der Waals surface area contributed by atoms with E-state index in [4.69, 9.17) is 16.3 Å². The molecule has 1 atom stereocenters. The lowest BCUT2D eigenvalue weighted by atomic mass is 10.0. The van der Waals surface area contributed by atoms with E-state index in [1.807, 2.05) is 30.3 Å². The summed E-state index contributed by atoms with van der Waals surface area (Å²) >= 11 is 6.30. The largest absolute Gasteiger partial charge is 0.382 e. The number of aromatic nitrogens is 3. The number of hydrogen-bond acceptors (Lipinski definition) is 5. The average molecular weight is 371 g/mol. The fourth-order valence-corrected chi connectivity index (χ4v) is 3.34. The molecule has 3 aromatic rings. The van der Waals surface area contributed by atoms with Crippen molar-refractivity contribution < 1.29 is 4.74 Å². The predicted molar refractivity (Wildman–Crippen MR) is 102 cm³/mol. The zero-order chi connectivity index (χ0) is 17.9. The van der Waals surface area contributed by atoms with Gasteiger partial charge in [-0.2, -0.15) is 9.78 Å². The third-order valence-corrected chi connectivity index (χ3v) is 4.95. The van der Waals surface area contributed by atoms with Crippen molar-refractivity contribution in [3.05, 3.63) is 58.1 Å². The van der Waals surface area contributed by atoms with Crippen molar-refractivity contribution in [3.63, 3.8) is 0 Å². The van der Waals surface area contributed by atoms with Gasteiger partial charge in [-0.25, -0.2) is 0 Å². The summed E-state index contributed by atoms with van der Waals surface area (Å²) in [6, 6.07) is 9.42. The lowest BCUT2D eigenvalue weighted by molar-refractivity contribution is 0.0595. The quantitative estimate of drug-likeness (QED) is 0.763. The van der Waals surface area contributed by atoms with Crippen LogP contribution >= 0.6 is 11.6 Å². The molecule has 0 radical (unpaired) electrons. The molecule has 1 saturated heterocycles. The van der Waals surface area contributed by atoms with E-state index in [9.17, 15) is 4.79 Å². The lowest BCUT2D eigenvalue weighted by Crippen LogP contribution is -2.26. The Kier molecular flexibility index (Phi) is 4.86. The summed E-state index contributed by atoms with van der Waals surface area (Å²) in [4.78, 5) is 17.0. The van der Waals surface area contributed by atoms with Gasteiger partial charge in [0, 0.05) is 24.7 Å². The first-order chi connectivity index (χ1) is 12.7. The van der Waals surface area contributed by atoms with E-state index in [-0.39, 0.29) is 10.6 Å². The van der Waals surface area contributed by atoms with Crippen LogP contribution in [-0.4, -0.2) is 34.5 Å². The van der Waals surface area contributed by atoms with Gasteiger partial charge in [0.1, 0.15) is 5.02 Å². The molecule has 0 bridgehead atoms. The molecule has 3 heterocycles. The van der Waals surface area contributed by atoms with Crippen molar-refractivity contribution >= 4 is 28.2 Å². The molecular weight excluding hydrogens is 352 g/mol. The zero-order valence-electron chi connectivity index (χ0n) is 14.2. The van der Waals surface area contributed by atoms with Crippen LogP contribution in [-0.2, 0) is 4.74 Å². The third-order valence-electron chi connectivity index (χ3n) is 4.59. The highest BCUT2D eigenvalue weighted by Gasteiger charge is 2.16. The molecule has 0 unspecified atom stereocenters. The van der Waals surface area contributed by atoms with Gasteiger partial charge < -0.3 is 10.1 Å². The van der Waals surface area contributed by atoms with Crippen LogP contribution in [0.25, 0.3) is 16.6 Å². The Hall–Kier alpha value is -2.44. The molecule has 0 amide bonds. The van der Waals surface area contributed by atoms with Gasteiger partial charge in [0.15, 0.2) is 0 Å². The number of anilines is 1. The predicted octanol–water partition coefficient (Wildman–Crippen LogP) is 3.27. The Bertz CT molecular complexity index is 983. The van der Waals surface area contributed by atoms with Crippen molar-refractivity contribution in [1.29, 1.82) is 0 Å². The molecule has 7 heteroatoms. The van der Waals surface area contributed by atoms with E-state index in [1.165, 1.54) is 4.68 Å². The lowest BCUT2D eigenvalue weighted by Gasteiger charge is -2.22. The monoisotopic (exact) mass is 370 g/mol. The highest BCUT2D eigenvalue weighted by molar-refractivity contribution is 6.32. The number of ether oxygens (including phenoxy) is 1. The van der Waals surface area contributed by atoms with Crippen molar-refractivity contribution in [2.24, 2.45) is 5.92 Å². The Labute approximate surface area is 155 Å². The van der Waals surface area contributed by atoms with Crippen molar-refractivity contribution in [1.82, 2.24) is 14.8 Å². The Morgan fingerprint density at radius 3 is 3.12 bits per heavy atom. The van der Waals surface area contributed by atoms with Crippen LogP contribution in [0, 0.1) is 5.92 Å². The molecule has 6 nitrogen and oxygen atoms in total. The van der Waals surface area contributed by atoms with Crippen molar-refractivity contribution in [3.8, 4) is 5.69 Å². The topological polar surface area (TPSA) is 69.0 Å². The van der Waals surface area contributed by atoms with E-state index < -0.39 is 0 Å². The van der Waals surface area contributed by atoms with Crippen LogP contribution in [0.5, 0.6) is 0 Å². The van der Waals surface area contributed by atoms with E-state index in [2.05, 4.69) is 15.4 Å². The number of fused-ring (bicyclic) bond motifs is 1. The average Bonchev–Trinajstić information content (AvgIpc) is 2.69. The SMILES string of the molecule is O=c1c(Cl)c(NC[C@@H]2CCCOC2)cnn1-c1ccc2cccnc2c1. The maximum absolute atomic E-state index is 12.7. The minimum absolute atomic E-state index is 0.137. The van der Waals surface area contributed by atoms with Gasteiger partial charge in [0.2, 0.25) is 0 Å². The van der Waals surface area contributed by atoms with Crippen LogP contribution in [0.4, 0.5) is 5.69 Å². The molecule has 1 fully saturated rings. The molecule has 1 aromatic carbocycles. The summed E-state index contributed by atoms with van der Waals surface area (Å²) < 4.78 is 6.77. The maximum atomic E-state index is 12.7. The van der Waals surface area contributed by atoms with Gasteiger partial charge in [-0.3, -0.25) is 9.78 Å². The number of hydrogen-bond donors (Lipinski definition) is 1. The van der Waals surface area contributed by atoms with Gasteiger partial charge in [-0.05, 0) is 37.0 Å². The number of pyridine rings is 1. The number of benzene rings is 1. The summed E-state index contributed by atoms with van der Waals surface area (Å²) in [5.41, 5.74) is 1.63. The van der Waals surface area contributed by atoms with E-state index in [0.717, 1.165) is 37.0 Å². The maximum Gasteiger partial charge on any atom is 0.292 e. The van der Waals surface area contributed by atoms with Crippen LogP contribution in [0.3, 0.4) is 0 Å². The highest BCUT2D eigenvalue weighted by atomic mass is 35.5. The second-order valence-electron chi connectivity index (χ2n) is 6.43. The molecule has 2 aromatic heterocycles. The molecule has 1 aliphatic heterocycles. The summed E-state index contributed by atoms with van der Waals surface area (Å²) in [6.07, 6.45) is 5.49. The third kappa shape index (κ3) is 3.43. The summed E-state index contributed by atoms with van der Waals surface area (Å²) in [5, 5.41) is 8.65. The van der Waals surface area contributed by atoms with Crippen molar-refractivity contribution in [2.75, 3.05) is 25.1 Å². The zero-order valence-corrected chi connectivity index (χ0v) is 14.9. The first kappa shape index (κ1) is 17.0. The van der Waals surface area contributed by atoms with E-state index in [0.29, 0.717) is 23.8 Å². The summed E-state index contributed by atoms with van der Waals surface area (Å²) in [7, 11) is 0. The van der Waals surface area contributed by atoms with Crippen LogP contribution in [0.2, 0.25) is 5.02 Å². The van der Waals surface area contributed by atoms with E-state index in [1.54, 1.807) is 12.4 Å². The molecule has 1 N–H and O–H groups in total. The van der Waals surface area contributed by atoms with Gasteiger partial charge in [-0.15, -0.1) is 0 Å². The molecule has 0 saturated carbocycles. The fourth-order valence-electron chi connectivity index (χ4n) is 3.15. The van der Waals surface area contributed by atoms with Crippen LogP contribution in [0.15, 0.2) is 47.5 Å². The standard InChI is InChI=1S/C19H19ClN4O2/c20-18-17(22-10-13-3-2-8-26-12-13)11-23-24(19(18)25)15-6-5-14-4-1-7-21-16(14)9-15/h1,4-7,9,11,13,22H,2-3,8,10,12H2/t13-/m0/s1. The first-order valence-corrected chi connectivity index (χ1v) is 9.05. The second-order valence-corrected chi connectivity index (χ2v) is 6.81. The molecule has 26 heavy (non-hydrogen) atoms. The smallest absolute Gasteiger partial charge is 0.292 e. The number of halogens is 1. The van der Waals surface area contributed by atoms with E-state index >= 15 is 0 Å². The van der Waals surface area contributed by atoms with Crippen LogP contribution < -0.4 is 10.9 Å². The Balaban J connectivity index is 1.59. The fraction of sp³-hybridized carbons (Fsp3) is 0.316. The summed E-state index contributed by atoms with van der Waals surface area (Å²) in [6.45, 7) is 2.28. The Morgan fingerprint density at radius 2 is 2.27 bits per heavy atom. The Morgan fingerprint density at radius 1 is 1.35 bits per heavy atom. The number of nitrogens with zero attached hydrogens (tertiary/aromatic N) is 3. The number of nitrogens with one attached hydrogen (secondary N) is 1. The molecule has 0 spiro atoms.